The molecule has 6 rings (SSSR count). The molecule has 9 nitrogen and oxygen atoms in total. The van der Waals surface area contributed by atoms with E-state index in [-0.39, 0.29) is 18.6 Å². The number of nitrogens with one attached hydrogen (secondary N) is 2. The molecule has 1 aromatic heterocycles. The first-order valence-electron chi connectivity index (χ1n) is 13.7. The van der Waals surface area contributed by atoms with E-state index in [0.717, 1.165) is 48.8 Å². The monoisotopic (exact) mass is 582 g/mol. The van der Waals surface area contributed by atoms with Gasteiger partial charge in [0.05, 0.1) is 34.7 Å². The normalized spacial score (nSPS) is 17.4. The van der Waals surface area contributed by atoms with Gasteiger partial charge in [0, 0.05) is 43.8 Å². The fraction of sp³-hybridized carbons (Fsp3) is 0.414. The van der Waals surface area contributed by atoms with E-state index in [1.165, 1.54) is 19.4 Å². The average molecular weight is 584 g/mol. The number of halogens is 2. The molecule has 1 saturated heterocycles. The van der Waals surface area contributed by atoms with Crippen LogP contribution >= 0.6 is 23.2 Å². The molecule has 0 unspecified atom stereocenters. The van der Waals surface area contributed by atoms with E-state index in [1.54, 1.807) is 46.1 Å². The number of likely N-dealkylation sites (tertiary alicyclic amines) is 1. The van der Waals surface area contributed by atoms with Crippen LogP contribution in [0.25, 0.3) is 0 Å². The number of alkyl carbamates (subject to hydrolysis) is 1. The molecule has 0 bridgehead atoms. The first-order chi connectivity index (χ1) is 19.3. The highest BCUT2D eigenvalue weighted by Gasteiger charge is 2.29. The number of hydrogen-bond donors (Lipinski definition) is 2. The molecule has 1 aliphatic carbocycles. The summed E-state index contributed by atoms with van der Waals surface area (Å²) in [7, 11) is 1.84. The summed E-state index contributed by atoms with van der Waals surface area (Å²) < 4.78 is 7.37. The van der Waals surface area contributed by atoms with Crippen LogP contribution in [0.1, 0.15) is 47.2 Å². The van der Waals surface area contributed by atoms with Crippen molar-refractivity contribution in [3.8, 4) is 0 Å². The standard InChI is InChI=1S/C29H32Cl2N6O3/c1-35-27-20(15-33-35)17-37(26-7-5-21(30)13-25(26)34-27)28(38)23-6-4-19(12-24(23)31)14-32-29(39)40-22-8-10-36(11-9-22)16-18-2-3-18/h4-7,12-13,15,18,22,34H,2-3,8-11,14,16-17H2,1H3,(H,32,39). The molecule has 2 fully saturated rings. The zero-order valence-electron chi connectivity index (χ0n) is 22.3. The number of ether oxygens (including phenoxy) is 1. The van der Waals surface area contributed by atoms with Crippen molar-refractivity contribution in [3.63, 3.8) is 0 Å². The van der Waals surface area contributed by atoms with Crippen molar-refractivity contribution in [2.24, 2.45) is 13.0 Å². The highest BCUT2D eigenvalue weighted by molar-refractivity contribution is 6.35. The predicted molar refractivity (Wildman–Crippen MR) is 155 cm³/mol. The quantitative estimate of drug-likeness (QED) is 0.385. The Balaban J connectivity index is 1.09. The number of nitrogens with zero attached hydrogens (tertiary/aromatic N) is 4. The first-order valence-corrected chi connectivity index (χ1v) is 14.4. The minimum absolute atomic E-state index is 0.0553. The highest BCUT2D eigenvalue weighted by Crippen LogP contribution is 2.38. The largest absolute Gasteiger partial charge is 0.446 e. The molecule has 1 saturated carbocycles. The Kier molecular flexibility index (Phi) is 7.61. The molecule has 0 radical (unpaired) electrons. The van der Waals surface area contributed by atoms with Gasteiger partial charge in [-0.25, -0.2) is 4.79 Å². The molecule has 210 valence electrons. The Hall–Kier alpha value is -3.27. The molecular formula is C29H32Cl2N6O3. The SMILES string of the molecule is Cn1ncc2c1Nc1cc(Cl)ccc1N(C(=O)c1ccc(CNC(=O)OC3CCN(CC4CC4)CC3)cc1Cl)C2. The number of carbonyl (C=O) groups is 2. The molecule has 2 aromatic carbocycles. The summed E-state index contributed by atoms with van der Waals surface area (Å²) in [5.74, 6) is 1.42. The molecule has 2 aliphatic heterocycles. The van der Waals surface area contributed by atoms with Gasteiger partial charge < -0.3 is 25.2 Å². The number of piperidine rings is 1. The van der Waals surface area contributed by atoms with E-state index in [9.17, 15) is 9.59 Å². The van der Waals surface area contributed by atoms with Crippen molar-refractivity contribution in [1.82, 2.24) is 20.0 Å². The average Bonchev–Trinajstić information content (AvgIpc) is 3.72. The zero-order valence-corrected chi connectivity index (χ0v) is 23.8. The lowest BCUT2D eigenvalue weighted by molar-refractivity contribution is 0.0493. The minimum atomic E-state index is -0.434. The van der Waals surface area contributed by atoms with Crippen LogP contribution in [0.3, 0.4) is 0 Å². The van der Waals surface area contributed by atoms with Crippen LogP contribution in [0.4, 0.5) is 22.0 Å². The van der Waals surface area contributed by atoms with Crippen LogP contribution in [-0.2, 0) is 24.9 Å². The fourth-order valence-corrected chi connectivity index (χ4v) is 5.85. The van der Waals surface area contributed by atoms with Crippen LogP contribution < -0.4 is 15.5 Å². The zero-order chi connectivity index (χ0) is 27.8. The first kappa shape index (κ1) is 26.9. The highest BCUT2D eigenvalue weighted by atomic mass is 35.5. The molecule has 3 aromatic rings. The molecule has 0 atom stereocenters. The van der Waals surface area contributed by atoms with Gasteiger partial charge in [-0.15, -0.1) is 0 Å². The lowest BCUT2D eigenvalue weighted by Gasteiger charge is -2.31. The van der Waals surface area contributed by atoms with E-state index < -0.39 is 6.09 Å². The third kappa shape index (κ3) is 5.92. The number of aryl methyl sites for hydroxylation is 1. The summed E-state index contributed by atoms with van der Waals surface area (Å²) in [5.41, 5.74) is 3.39. The molecular weight excluding hydrogens is 551 g/mol. The summed E-state index contributed by atoms with van der Waals surface area (Å²) in [4.78, 5) is 30.4. The minimum Gasteiger partial charge on any atom is -0.446 e. The van der Waals surface area contributed by atoms with E-state index in [2.05, 4.69) is 20.6 Å². The Bertz CT molecular complexity index is 1430. The Morgan fingerprint density at radius 3 is 2.65 bits per heavy atom. The Morgan fingerprint density at radius 1 is 1.10 bits per heavy atom. The maximum Gasteiger partial charge on any atom is 0.407 e. The van der Waals surface area contributed by atoms with E-state index >= 15 is 0 Å². The van der Waals surface area contributed by atoms with Crippen LogP contribution in [0.2, 0.25) is 10.0 Å². The van der Waals surface area contributed by atoms with Crippen molar-refractivity contribution < 1.29 is 14.3 Å². The molecule has 3 aliphatic rings. The van der Waals surface area contributed by atoms with Crippen LogP contribution in [0.5, 0.6) is 0 Å². The Morgan fingerprint density at radius 2 is 1.90 bits per heavy atom. The number of aromatic nitrogens is 2. The topological polar surface area (TPSA) is 91.7 Å². The van der Waals surface area contributed by atoms with Gasteiger partial charge in [0.1, 0.15) is 11.9 Å². The van der Waals surface area contributed by atoms with Crippen molar-refractivity contribution >= 4 is 52.4 Å². The number of hydrogen-bond acceptors (Lipinski definition) is 6. The van der Waals surface area contributed by atoms with E-state index in [4.69, 9.17) is 27.9 Å². The van der Waals surface area contributed by atoms with Gasteiger partial charge in [0.15, 0.2) is 0 Å². The molecule has 11 heteroatoms. The summed E-state index contributed by atoms with van der Waals surface area (Å²) in [6.07, 6.45) is 5.68. The van der Waals surface area contributed by atoms with Gasteiger partial charge in [-0.05, 0) is 67.5 Å². The second-order valence-corrected chi connectivity index (χ2v) is 11.7. The third-order valence-electron chi connectivity index (χ3n) is 7.81. The summed E-state index contributed by atoms with van der Waals surface area (Å²) >= 11 is 12.9. The number of carbonyl (C=O) groups excluding carboxylic acids is 2. The predicted octanol–water partition coefficient (Wildman–Crippen LogP) is 5.73. The van der Waals surface area contributed by atoms with Gasteiger partial charge in [-0.3, -0.25) is 9.48 Å². The second-order valence-electron chi connectivity index (χ2n) is 10.8. The van der Waals surface area contributed by atoms with Crippen molar-refractivity contribution in [1.29, 1.82) is 0 Å². The van der Waals surface area contributed by atoms with Crippen molar-refractivity contribution in [2.45, 2.75) is 44.9 Å². The van der Waals surface area contributed by atoms with E-state index in [0.29, 0.717) is 33.5 Å². The third-order valence-corrected chi connectivity index (χ3v) is 8.36. The molecule has 40 heavy (non-hydrogen) atoms. The second kappa shape index (κ2) is 11.3. The van der Waals surface area contributed by atoms with E-state index in [1.807, 2.05) is 13.1 Å². The van der Waals surface area contributed by atoms with Gasteiger partial charge >= 0.3 is 6.09 Å². The van der Waals surface area contributed by atoms with Gasteiger partial charge in [0.2, 0.25) is 0 Å². The summed E-state index contributed by atoms with van der Waals surface area (Å²) in [6, 6.07) is 10.6. The molecule has 2 N–H and O–H groups in total. The molecule has 0 spiro atoms. The maximum absolute atomic E-state index is 13.8. The van der Waals surface area contributed by atoms with Crippen molar-refractivity contribution in [3.05, 3.63) is 69.3 Å². The summed E-state index contributed by atoms with van der Waals surface area (Å²) in [5, 5.41) is 11.4. The number of rotatable bonds is 6. The van der Waals surface area contributed by atoms with Gasteiger partial charge in [-0.1, -0.05) is 29.3 Å². The number of amides is 2. The van der Waals surface area contributed by atoms with Gasteiger partial charge in [0.25, 0.3) is 5.91 Å². The fourth-order valence-electron chi connectivity index (χ4n) is 5.40. The van der Waals surface area contributed by atoms with Gasteiger partial charge in [-0.2, -0.15) is 5.10 Å². The number of fused-ring (bicyclic) bond motifs is 2. The number of anilines is 3. The maximum atomic E-state index is 13.8. The lowest BCUT2D eigenvalue weighted by atomic mass is 10.1. The van der Waals surface area contributed by atoms with Crippen molar-refractivity contribution in [2.75, 3.05) is 29.9 Å². The van der Waals surface area contributed by atoms with Crippen LogP contribution in [-0.4, -0.2) is 52.4 Å². The summed E-state index contributed by atoms with van der Waals surface area (Å²) in [6.45, 7) is 3.70. The smallest absolute Gasteiger partial charge is 0.407 e. The van der Waals surface area contributed by atoms with Crippen LogP contribution in [0.15, 0.2) is 42.6 Å². The Labute approximate surface area is 243 Å². The number of benzene rings is 2. The lowest BCUT2D eigenvalue weighted by Crippen LogP contribution is -2.40. The molecule has 2 amide bonds. The van der Waals surface area contributed by atoms with Crippen LogP contribution in [0, 0.1) is 5.92 Å². The molecule has 3 heterocycles.